The number of esters is 1. The molecule has 19 heavy (non-hydrogen) atoms. The van der Waals surface area contributed by atoms with E-state index in [0.29, 0.717) is 0 Å². The van der Waals surface area contributed by atoms with Crippen molar-refractivity contribution in [2.45, 2.75) is 32.4 Å². The number of carbonyl (C=O) groups excluding carboxylic acids is 2. The first-order chi connectivity index (χ1) is 8.83. The Labute approximate surface area is 111 Å². The van der Waals surface area contributed by atoms with Gasteiger partial charge in [0, 0.05) is 12.4 Å². The molecule has 0 saturated carbocycles. The maximum Gasteiger partial charge on any atom is 0.408 e. The van der Waals surface area contributed by atoms with E-state index in [0.717, 1.165) is 0 Å². The second-order valence-electron chi connectivity index (χ2n) is 4.73. The van der Waals surface area contributed by atoms with E-state index in [1.807, 2.05) is 0 Å². The highest BCUT2D eigenvalue weighted by atomic mass is 16.6. The first-order valence-corrected chi connectivity index (χ1v) is 5.67. The number of rotatable bonds is 3. The minimum Gasteiger partial charge on any atom is -0.467 e. The topological polar surface area (TPSA) is 90.4 Å². The number of carbonyl (C=O) groups is 2. The summed E-state index contributed by atoms with van der Waals surface area (Å²) in [6, 6.07) is -1.05. The van der Waals surface area contributed by atoms with Crippen molar-refractivity contribution >= 4 is 12.1 Å². The molecule has 1 amide bonds. The van der Waals surface area contributed by atoms with Gasteiger partial charge in [0.25, 0.3) is 0 Å². The Balaban J connectivity index is 2.83. The molecule has 0 aliphatic rings. The van der Waals surface area contributed by atoms with Crippen molar-refractivity contribution in [2.75, 3.05) is 7.11 Å². The number of amides is 1. The molecule has 1 aromatic heterocycles. The van der Waals surface area contributed by atoms with Gasteiger partial charge in [0.2, 0.25) is 0 Å². The van der Waals surface area contributed by atoms with E-state index in [-0.39, 0.29) is 5.69 Å². The predicted octanol–water partition coefficient (Wildman–Crippen LogP) is 1.22. The zero-order valence-electron chi connectivity index (χ0n) is 11.3. The van der Waals surface area contributed by atoms with Gasteiger partial charge in [0.1, 0.15) is 5.60 Å². The summed E-state index contributed by atoms with van der Waals surface area (Å²) in [4.78, 5) is 31.1. The maximum atomic E-state index is 11.7. The normalized spacial score (nSPS) is 12.4. The lowest BCUT2D eigenvalue weighted by molar-refractivity contribution is -0.143. The van der Waals surface area contributed by atoms with Crippen LogP contribution in [-0.2, 0) is 14.3 Å². The summed E-state index contributed by atoms with van der Waals surface area (Å²) >= 11 is 0. The van der Waals surface area contributed by atoms with Crippen molar-refractivity contribution in [3.8, 4) is 0 Å². The molecule has 1 aromatic rings. The fraction of sp³-hybridized carbons (Fsp3) is 0.500. The second-order valence-corrected chi connectivity index (χ2v) is 4.73. The number of methoxy groups -OCH3 is 1. The zero-order valence-corrected chi connectivity index (χ0v) is 11.3. The molecule has 104 valence electrons. The average molecular weight is 267 g/mol. The first-order valence-electron chi connectivity index (χ1n) is 5.67. The molecule has 0 radical (unpaired) electrons. The van der Waals surface area contributed by atoms with Crippen LogP contribution in [0.2, 0.25) is 0 Å². The highest BCUT2D eigenvalue weighted by Crippen LogP contribution is 2.13. The van der Waals surface area contributed by atoms with Crippen LogP contribution in [0.4, 0.5) is 4.79 Å². The van der Waals surface area contributed by atoms with Crippen molar-refractivity contribution in [3.05, 3.63) is 24.3 Å². The van der Waals surface area contributed by atoms with Gasteiger partial charge in [-0.2, -0.15) is 0 Å². The van der Waals surface area contributed by atoms with Crippen LogP contribution >= 0.6 is 0 Å². The van der Waals surface area contributed by atoms with Crippen molar-refractivity contribution in [2.24, 2.45) is 0 Å². The molecule has 0 saturated heterocycles. The van der Waals surface area contributed by atoms with Crippen LogP contribution in [0, 0.1) is 0 Å². The third-order valence-electron chi connectivity index (χ3n) is 1.98. The number of aromatic nitrogens is 2. The summed E-state index contributed by atoms with van der Waals surface area (Å²) < 4.78 is 9.70. The number of hydrogen-bond acceptors (Lipinski definition) is 6. The molecule has 0 aromatic carbocycles. The molecule has 1 unspecified atom stereocenters. The predicted molar refractivity (Wildman–Crippen MR) is 66.2 cm³/mol. The third-order valence-corrected chi connectivity index (χ3v) is 1.98. The minimum atomic E-state index is -1.05. The van der Waals surface area contributed by atoms with E-state index in [4.69, 9.17) is 4.74 Å². The van der Waals surface area contributed by atoms with Crippen molar-refractivity contribution in [3.63, 3.8) is 0 Å². The molecule has 0 spiro atoms. The van der Waals surface area contributed by atoms with Crippen LogP contribution < -0.4 is 5.32 Å². The van der Waals surface area contributed by atoms with E-state index in [1.165, 1.54) is 25.7 Å². The molecular formula is C12H17N3O4. The van der Waals surface area contributed by atoms with Gasteiger partial charge in [0.05, 0.1) is 19.0 Å². The van der Waals surface area contributed by atoms with Gasteiger partial charge < -0.3 is 14.8 Å². The average Bonchev–Trinajstić information content (AvgIpc) is 2.34. The molecule has 7 nitrogen and oxygen atoms in total. The quantitative estimate of drug-likeness (QED) is 0.828. The fourth-order valence-corrected chi connectivity index (χ4v) is 1.26. The summed E-state index contributed by atoms with van der Waals surface area (Å²) in [5, 5.41) is 2.40. The monoisotopic (exact) mass is 267 g/mol. The largest absolute Gasteiger partial charge is 0.467 e. The highest BCUT2D eigenvalue weighted by Gasteiger charge is 2.27. The lowest BCUT2D eigenvalue weighted by Gasteiger charge is -2.22. The Kier molecular flexibility index (Phi) is 4.80. The van der Waals surface area contributed by atoms with Gasteiger partial charge in [-0.1, -0.05) is 0 Å². The van der Waals surface area contributed by atoms with Crippen molar-refractivity contribution in [1.82, 2.24) is 15.3 Å². The molecule has 7 heteroatoms. The fourth-order valence-electron chi connectivity index (χ4n) is 1.26. The Morgan fingerprint density at radius 2 is 2.00 bits per heavy atom. The van der Waals surface area contributed by atoms with E-state index < -0.39 is 23.7 Å². The molecular weight excluding hydrogens is 250 g/mol. The first kappa shape index (κ1) is 14.9. The van der Waals surface area contributed by atoms with Crippen LogP contribution in [0.1, 0.15) is 32.5 Å². The lowest BCUT2D eigenvalue weighted by Crippen LogP contribution is -2.38. The van der Waals surface area contributed by atoms with Gasteiger partial charge in [-0.25, -0.2) is 9.59 Å². The number of alkyl carbamates (subject to hydrolysis) is 1. The van der Waals surface area contributed by atoms with Gasteiger partial charge in [0.15, 0.2) is 6.04 Å². The SMILES string of the molecule is COC(=O)C(NC(=O)OC(C)(C)C)c1cnccn1. The molecule has 0 aliphatic heterocycles. The van der Waals surface area contributed by atoms with E-state index in [1.54, 1.807) is 20.8 Å². The van der Waals surface area contributed by atoms with Gasteiger partial charge in [-0.15, -0.1) is 0 Å². The second kappa shape index (κ2) is 6.12. The number of nitrogens with zero attached hydrogens (tertiary/aromatic N) is 2. The van der Waals surface area contributed by atoms with Gasteiger partial charge in [-0.3, -0.25) is 9.97 Å². The molecule has 1 rings (SSSR count). The van der Waals surface area contributed by atoms with Crippen LogP contribution in [0.25, 0.3) is 0 Å². The smallest absolute Gasteiger partial charge is 0.408 e. The highest BCUT2D eigenvalue weighted by molar-refractivity contribution is 5.82. The summed E-state index contributed by atoms with van der Waals surface area (Å²) in [5.74, 6) is -0.647. The summed E-state index contributed by atoms with van der Waals surface area (Å²) in [6.07, 6.45) is 3.53. The van der Waals surface area contributed by atoms with E-state index >= 15 is 0 Å². The van der Waals surface area contributed by atoms with Crippen molar-refractivity contribution < 1.29 is 19.1 Å². The number of ether oxygens (including phenoxy) is 2. The molecule has 0 bridgehead atoms. The third kappa shape index (κ3) is 4.90. The Morgan fingerprint density at radius 1 is 1.32 bits per heavy atom. The molecule has 1 heterocycles. The van der Waals surface area contributed by atoms with Crippen LogP contribution in [0.15, 0.2) is 18.6 Å². The van der Waals surface area contributed by atoms with Gasteiger partial charge >= 0.3 is 12.1 Å². The van der Waals surface area contributed by atoms with Crippen LogP contribution in [0.3, 0.4) is 0 Å². The molecule has 1 atom stereocenters. The van der Waals surface area contributed by atoms with Crippen LogP contribution in [-0.4, -0.2) is 34.7 Å². The van der Waals surface area contributed by atoms with E-state index in [9.17, 15) is 9.59 Å². The summed E-state index contributed by atoms with van der Waals surface area (Å²) in [6.45, 7) is 5.17. The Bertz CT molecular complexity index is 442. The standard InChI is InChI=1S/C12H17N3O4/c1-12(2,3)19-11(17)15-9(10(16)18-4)8-7-13-5-6-14-8/h5-7,9H,1-4H3,(H,15,17). The Morgan fingerprint density at radius 3 is 2.47 bits per heavy atom. The minimum absolute atomic E-state index is 0.278. The van der Waals surface area contributed by atoms with E-state index in [2.05, 4.69) is 20.0 Å². The van der Waals surface area contributed by atoms with Crippen LogP contribution in [0.5, 0.6) is 0 Å². The summed E-state index contributed by atoms with van der Waals surface area (Å²) in [5.41, 5.74) is -0.382. The van der Waals surface area contributed by atoms with Crippen molar-refractivity contribution in [1.29, 1.82) is 0 Å². The van der Waals surface area contributed by atoms with Gasteiger partial charge in [-0.05, 0) is 20.8 Å². The maximum absolute atomic E-state index is 11.7. The zero-order chi connectivity index (χ0) is 14.5. The summed E-state index contributed by atoms with van der Waals surface area (Å²) in [7, 11) is 1.22. The lowest BCUT2D eigenvalue weighted by atomic mass is 10.2. The molecule has 1 N–H and O–H groups in total. The molecule has 0 aliphatic carbocycles. The molecule has 0 fully saturated rings. The number of nitrogens with one attached hydrogen (secondary N) is 1. The number of hydrogen-bond donors (Lipinski definition) is 1. The Hall–Kier alpha value is -2.18.